The Morgan fingerprint density at radius 3 is 2.15 bits per heavy atom. The fourth-order valence-corrected chi connectivity index (χ4v) is 2.17. The van der Waals surface area contributed by atoms with Crippen LogP contribution < -0.4 is 21.3 Å². The minimum Gasteiger partial charge on any atom is -0.355 e. The van der Waals surface area contributed by atoms with Crippen molar-refractivity contribution in [2.75, 3.05) is 18.9 Å². The van der Waals surface area contributed by atoms with Crippen LogP contribution in [0.3, 0.4) is 0 Å². The molecule has 0 radical (unpaired) electrons. The second-order valence-electron chi connectivity index (χ2n) is 5.73. The highest BCUT2D eigenvalue weighted by atomic mass is 16.2. The molecule has 2 aromatic rings. The minimum absolute atomic E-state index is 0.156. The molecule has 0 saturated carbocycles. The summed E-state index contributed by atoms with van der Waals surface area (Å²) in [6.07, 6.45) is 0. The number of hydrogen-bond acceptors (Lipinski definition) is 3. The molecular formula is C19H22N4O3. The summed E-state index contributed by atoms with van der Waals surface area (Å²) in [5.41, 5.74) is 3.17. The predicted molar refractivity (Wildman–Crippen MR) is 99.9 cm³/mol. The maximum Gasteiger partial charge on any atom is 0.315 e. The number of benzene rings is 2. The molecule has 2 rings (SSSR count). The van der Waals surface area contributed by atoms with Crippen molar-refractivity contribution in [3.05, 3.63) is 65.2 Å². The van der Waals surface area contributed by atoms with Crippen LogP contribution in [0, 0.1) is 6.92 Å². The zero-order valence-electron chi connectivity index (χ0n) is 14.8. The van der Waals surface area contributed by atoms with E-state index < -0.39 is 6.03 Å². The molecule has 7 heteroatoms. The Morgan fingerprint density at radius 2 is 1.54 bits per heavy atom. The maximum atomic E-state index is 11.9. The smallest absolute Gasteiger partial charge is 0.315 e. The van der Waals surface area contributed by atoms with Crippen LogP contribution in [0.2, 0.25) is 0 Å². The van der Waals surface area contributed by atoms with Crippen molar-refractivity contribution >= 4 is 23.5 Å². The number of carbonyl (C=O) groups is 3. The van der Waals surface area contributed by atoms with E-state index in [-0.39, 0.29) is 18.4 Å². The van der Waals surface area contributed by atoms with E-state index in [2.05, 4.69) is 21.3 Å². The molecule has 0 unspecified atom stereocenters. The second-order valence-corrected chi connectivity index (χ2v) is 5.73. The summed E-state index contributed by atoms with van der Waals surface area (Å²) in [5.74, 6) is -0.557. The second kappa shape index (κ2) is 9.22. The Morgan fingerprint density at radius 1 is 0.885 bits per heavy atom. The molecule has 0 spiro atoms. The third-order valence-corrected chi connectivity index (χ3v) is 3.64. The fourth-order valence-electron chi connectivity index (χ4n) is 2.17. The van der Waals surface area contributed by atoms with Gasteiger partial charge in [-0.15, -0.1) is 0 Å². The summed E-state index contributed by atoms with van der Waals surface area (Å²) < 4.78 is 0. The largest absolute Gasteiger partial charge is 0.355 e. The van der Waals surface area contributed by atoms with E-state index in [1.54, 1.807) is 31.3 Å². The molecule has 0 saturated heterocycles. The van der Waals surface area contributed by atoms with Gasteiger partial charge < -0.3 is 21.3 Å². The van der Waals surface area contributed by atoms with Crippen molar-refractivity contribution in [1.82, 2.24) is 16.0 Å². The van der Waals surface area contributed by atoms with E-state index in [1.807, 2.05) is 31.2 Å². The first-order valence-corrected chi connectivity index (χ1v) is 8.17. The van der Waals surface area contributed by atoms with Crippen LogP contribution in [-0.4, -0.2) is 31.4 Å². The van der Waals surface area contributed by atoms with Crippen molar-refractivity contribution in [1.29, 1.82) is 0 Å². The SMILES string of the molecule is CNC(=O)c1ccc(NC(=O)CNC(=O)NCc2ccc(C)cc2)cc1. The van der Waals surface area contributed by atoms with Gasteiger partial charge >= 0.3 is 6.03 Å². The first-order valence-electron chi connectivity index (χ1n) is 8.17. The highest BCUT2D eigenvalue weighted by Crippen LogP contribution is 2.09. The van der Waals surface area contributed by atoms with Gasteiger partial charge in [-0.05, 0) is 36.8 Å². The molecule has 4 N–H and O–H groups in total. The summed E-state index contributed by atoms with van der Waals surface area (Å²) in [6.45, 7) is 2.22. The Hall–Kier alpha value is -3.35. The topological polar surface area (TPSA) is 99.3 Å². The van der Waals surface area contributed by atoms with Crippen LogP contribution >= 0.6 is 0 Å². The summed E-state index contributed by atoms with van der Waals surface area (Å²) in [7, 11) is 1.55. The van der Waals surface area contributed by atoms with Crippen LogP contribution in [0.1, 0.15) is 21.5 Å². The lowest BCUT2D eigenvalue weighted by Crippen LogP contribution is -2.39. The molecule has 0 heterocycles. The molecular weight excluding hydrogens is 332 g/mol. The lowest BCUT2D eigenvalue weighted by molar-refractivity contribution is -0.115. The molecule has 7 nitrogen and oxygen atoms in total. The van der Waals surface area contributed by atoms with Crippen molar-refractivity contribution in [3.8, 4) is 0 Å². The van der Waals surface area contributed by atoms with Gasteiger partial charge in [0.2, 0.25) is 5.91 Å². The quantitative estimate of drug-likeness (QED) is 0.636. The molecule has 0 aliphatic carbocycles. The molecule has 0 fully saturated rings. The summed E-state index contributed by atoms with van der Waals surface area (Å²) in [5, 5.41) is 10.4. The van der Waals surface area contributed by atoms with Crippen LogP contribution in [0.4, 0.5) is 10.5 Å². The highest BCUT2D eigenvalue weighted by Gasteiger charge is 2.07. The molecule has 0 atom stereocenters. The van der Waals surface area contributed by atoms with Gasteiger partial charge in [-0.25, -0.2) is 4.79 Å². The molecule has 0 aliphatic rings. The van der Waals surface area contributed by atoms with Gasteiger partial charge in [0.05, 0.1) is 6.54 Å². The Labute approximate surface area is 152 Å². The van der Waals surface area contributed by atoms with Crippen molar-refractivity contribution in [2.45, 2.75) is 13.5 Å². The average Bonchev–Trinajstić information content (AvgIpc) is 2.66. The monoisotopic (exact) mass is 354 g/mol. The van der Waals surface area contributed by atoms with Crippen LogP contribution in [0.25, 0.3) is 0 Å². The van der Waals surface area contributed by atoms with Crippen LogP contribution in [0.5, 0.6) is 0 Å². The number of rotatable bonds is 6. The van der Waals surface area contributed by atoms with E-state index in [9.17, 15) is 14.4 Å². The maximum absolute atomic E-state index is 11.9. The Kier molecular flexibility index (Phi) is 6.73. The van der Waals surface area contributed by atoms with Gasteiger partial charge in [0, 0.05) is 24.8 Å². The van der Waals surface area contributed by atoms with Gasteiger partial charge in [0.1, 0.15) is 0 Å². The number of nitrogens with one attached hydrogen (secondary N) is 4. The number of anilines is 1. The first-order chi connectivity index (χ1) is 12.5. The molecule has 2 aromatic carbocycles. The molecule has 26 heavy (non-hydrogen) atoms. The standard InChI is InChI=1S/C19H22N4O3/c1-13-3-5-14(6-4-13)11-21-19(26)22-12-17(24)23-16-9-7-15(8-10-16)18(25)20-2/h3-10H,11-12H2,1-2H3,(H,20,25)(H,23,24)(H2,21,22,26). The molecule has 136 valence electrons. The lowest BCUT2D eigenvalue weighted by Gasteiger charge is -2.09. The Bertz CT molecular complexity index is 770. The average molecular weight is 354 g/mol. The van der Waals surface area contributed by atoms with Crippen molar-refractivity contribution < 1.29 is 14.4 Å². The molecule has 0 aromatic heterocycles. The first kappa shape index (κ1) is 19.0. The van der Waals surface area contributed by atoms with Crippen molar-refractivity contribution in [3.63, 3.8) is 0 Å². The molecule has 0 bridgehead atoms. The minimum atomic E-state index is -0.421. The summed E-state index contributed by atoms with van der Waals surface area (Å²) in [4.78, 5) is 35.1. The highest BCUT2D eigenvalue weighted by molar-refractivity contribution is 5.96. The number of aryl methyl sites for hydroxylation is 1. The van der Waals surface area contributed by atoms with E-state index in [0.717, 1.165) is 11.1 Å². The third kappa shape index (κ3) is 5.94. The van der Waals surface area contributed by atoms with Gasteiger partial charge in [-0.2, -0.15) is 0 Å². The van der Waals surface area contributed by atoms with E-state index in [1.165, 1.54) is 0 Å². The zero-order chi connectivity index (χ0) is 18.9. The molecule has 0 aliphatic heterocycles. The predicted octanol–water partition coefficient (Wildman–Crippen LogP) is 1.79. The lowest BCUT2D eigenvalue weighted by atomic mass is 10.1. The normalized spacial score (nSPS) is 9.92. The van der Waals surface area contributed by atoms with Gasteiger partial charge in [-0.3, -0.25) is 9.59 Å². The van der Waals surface area contributed by atoms with Gasteiger partial charge in [-0.1, -0.05) is 29.8 Å². The number of urea groups is 1. The summed E-state index contributed by atoms with van der Waals surface area (Å²) >= 11 is 0. The van der Waals surface area contributed by atoms with Crippen LogP contribution in [-0.2, 0) is 11.3 Å². The fraction of sp³-hybridized carbons (Fsp3) is 0.211. The van der Waals surface area contributed by atoms with Crippen LogP contribution in [0.15, 0.2) is 48.5 Å². The van der Waals surface area contributed by atoms with E-state index in [4.69, 9.17) is 0 Å². The van der Waals surface area contributed by atoms with Crippen molar-refractivity contribution in [2.24, 2.45) is 0 Å². The molecule has 4 amide bonds. The zero-order valence-corrected chi connectivity index (χ0v) is 14.8. The summed E-state index contributed by atoms with van der Waals surface area (Å²) in [6, 6.07) is 13.9. The van der Waals surface area contributed by atoms with E-state index >= 15 is 0 Å². The van der Waals surface area contributed by atoms with Gasteiger partial charge in [0.25, 0.3) is 5.91 Å². The number of amides is 4. The third-order valence-electron chi connectivity index (χ3n) is 3.64. The number of carbonyl (C=O) groups excluding carboxylic acids is 3. The Balaban J connectivity index is 1.73. The van der Waals surface area contributed by atoms with Gasteiger partial charge in [0.15, 0.2) is 0 Å². The van der Waals surface area contributed by atoms with E-state index in [0.29, 0.717) is 17.8 Å². The number of hydrogen-bond donors (Lipinski definition) is 4.